The summed E-state index contributed by atoms with van der Waals surface area (Å²) in [6, 6.07) is 6.97. The van der Waals surface area contributed by atoms with Gasteiger partial charge in [0.2, 0.25) is 0 Å². The van der Waals surface area contributed by atoms with Crippen molar-refractivity contribution < 1.29 is 24.1 Å². The Hall–Kier alpha value is -1.09. The van der Waals surface area contributed by atoms with Gasteiger partial charge in [0.15, 0.2) is 0 Å². The molecule has 2 rings (SSSR count). The van der Waals surface area contributed by atoms with Gasteiger partial charge in [-0.05, 0) is 32.6 Å². The van der Waals surface area contributed by atoms with Crippen LogP contribution in [0, 0.1) is 0 Å². The molecule has 1 atom stereocenters. The Morgan fingerprint density at radius 2 is 2.03 bits per heavy atom. The van der Waals surface area contributed by atoms with Gasteiger partial charge in [0.05, 0.1) is 30.4 Å². The van der Waals surface area contributed by atoms with Crippen molar-refractivity contribution in [3.63, 3.8) is 0 Å². The van der Waals surface area contributed by atoms with E-state index in [1.165, 1.54) is 7.11 Å². The molecular weight excluding hydrogens is 424 g/mol. The molecular formula is C20H23CaClN2O5. The number of allylic oxidation sites excluding steroid dienone is 1. The van der Waals surface area contributed by atoms with Gasteiger partial charge in [0, 0.05) is 28.8 Å². The third-order valence-electron chi connectivity index (χ3n) is 4.18. The van der Waals surface area contributed by atoms with Crippen LogP contribution in [0.3, 0.4) is 0 Å². The maximum absolute atomic E-state index is 12.8. The average Bonchev–Trinajstić information content (AvgIpc) is 2.67. The number of nitrogens with zero attached hydrogens (tertiary/aromatic N) is 1. The molecule has 0 fully saturated rings. The first-order valence-corrected chi connectivity index (χ1v) is 9.21. The van der Waals surface area contributed by atoms with Crippen LogP contribution in [0.1, 0.15) is 25.3 Å². The number of methoxy groups -OCH3 is 1. The summed E-state index contributed by atoms with van der Waals surface area (Å²) in [7, 11) is 1.27. The number of nitrogens with one attached hydrogen (secondary N) is 1. The number of carbonyl (C=O) groups excluding carboxylic acids is 1. The number of esters is 1. The molecule has 1 aliphatic heterocycles. The fraction of sp³-hybridized carbons (Fsp3) is 0.400. The number of ether oxygens (including phenoxy) is 3. The molecule has 7 nitrogen and oxygen atoms in total. The second-order valence-electron chi connectivity index (χ2n) is 5.94. The predicted octanol–water partition coefficient (Wildman–Crippen LogP) is 2.62. The summed E-state index contributed by atoms with van der Waals surface area (Å²) in [4.78, 5) is 17.3. The summed E-state index contributed by atoms with van der Waals surface area (Å²) in [6.45, 7) is 3.81. The Kier molecular flexibility index (Phi) is 11.2. The molecule has 9 heteroatoms. The zero-order valence-electron chi connectivity index (χ0n) is 16.8. The first kappa shape index (κ1) is 25.9. The smallest absolute Gasteiger partial charge is 0.676 e. The zero-order valence-corrected chi connectivity index (χ0v) is 19.8. The molecule has 1 N–H and O–H groups in total. The monoisotopic (exact) mass is 446 g/mol. The quantitative estimate of drug-likeness (QED) is 0.264. The predicted molar refractivity (Wildman–Crippen MR) is 111 cm³/mol. The van der Waals surface area contributed by atoms with Crippen molar-refractivity contribution in [1.29, 1.82) is 0 Å². The van der Waals surface area contributed by atoms with Crippen molar-refractivity contribution in [2.24, 2.45) is 4.99 Å². The molecule has 1 aliphatic rings. The van der Waals surface area contributed by atoms with E-state index in [-0.39, 0.29) is 75.2 Å². The van der Waals surface area contributed by atoms with Crippen molar-refractivity contribution in [2.45, 2.75) is 19.8 Å². The van der Waals surface area contributed by atoms with E-state index in [2.05, 4.69) is 4.99 Å². The molecule has 0 bridgehead atoms. The molecule has 152 valence electrons. The van der Waals surface area contributed by atoms with Gasteiger partial charge in [-0.25, -0.2) is 4.79 Å². The summed E-state index contributed by atoms with van der Waals surface area (Å²) in [5, 5.41) is 13.0. The molecule has 0 aliphatic carbocycles. The third-order valence-corrected chi connectivity index (χ3v) is 4.53. The van der Waals surface area contributed by atoms with Gasteiger partial charge in [0.25, 0.3) is 0 Å². The van der Waals surface area contributed by atoms with Crippen LogP contribution in [0.25, 0.3) is 5.73 Å². The molecule has 29 heavy (non-hydrogen) atoms. The van der Waals surface area contributed by atoms with E-state index in [1.807, 2.05) is 0 Å². The van der Waals surface area contributed by atoms with E-state index in [9.17, 15) is 9.90 Å². The largest absolute Gasteiger partial charge is 2.00 e. The molecule has 1 heterocycles. The summed E-state index contributed by atoms with van der Waals surface area (Å²) in [5.41, 5.74) is 8.97. The van der Waals surface area contributed by atoms with Crippen LogP contribution >= 0.6 is 11.6 Å². The Morgan fingerprint density at radius 3 is 2.62 bits per heavy atom. The second kappa shape index (κ2) is 12.6. The molecule has 1 unspecified atom stereocenters. The number of hydrogen-bond donors (Lipinski definition) is 0. The Bertz CT molecular complexity index is 823. The fourth-order valence-corrected chi connectivity index (χ4v) is 3.28. The van der Waals surface area contributed by atoms with E-state index in [0.717, 1.165) is 0 Å². The van der Waals surface area contributed by atoms with E-state index in [1.54, 1.807) is 38.1 Å². The van der Waals surface area contributed by atoms with Crippen LogP contribution in [0.4, 0.5) is 0 Å². The minimum absolute atomic E-state index is 0. The standard InChI is InChI=1S/C20H24ClN2O5.Ca/c1-4-28-20(25)18-15(11-27-10-9-22)23-12(2)16(19(24)26-3)17(18)13-7-5-6-8-14(13)21;/h5-8,17,22,24H,4,9-11H2,1-3H3;/q-1;+2/p-1/b19-16+;. The van der Waals surface area contributed by atoms with Crippen molar-refractivity contribution in [2.75, 3.05) is 33.5 Å². The molecule has 0 amide bonds. The van der Waals surface area contributed by atoms with Crippen LogP contribution in [0.15, 0.2) is 52.0 Å². The van der Waals surface area contributed by atoms with Gasteiger partial charge in [-0.15, -0.1) is 6.54 Å². The number of aliphatic imine (C=N–C) groups is 1. The molecule has 0 radical (unpaired) electrons. The van der Waals surface area contributed by atoms with Gasteiger partial charge < -0.3 is 25.1 Å². The van der Waals surface area contributed by atoms with Crippen LogP contribution in [-0.2, 0) is 19.0 Å². The number of hydrogen-bond acceptors (Lipinski definition) is 6. The molecule has 0 aromatic heterocycles. The summed E-state index contributed by atoms with van der Waals surface area (Å²) < 4.78 is 15.6. The molecule has 1 aromatic rings. The van der Waals surface area contributed by atoms with Gasteiger partial charge in [-0.1, -0.05) is 29.8 Å². The van der Waals surface area contributed by atoms with Gasteiger partial charge >= 0.3 is 43.7 Å². The first-order valence-electron chi connectivity index (χ1n) is 8.83. The fourth-order valence-electron chi connectivity index (χ4n) is 3.03. The van der Waals surface area contributed by atoms with Crippen molar-refractivity contribution >= 4 is 61.0 Å². The topological polar surface area (TPSA) is 104 Å². The van der Waals surface area contributed by atoms with Crippen LogP contribution in [0.2, 0.25) is 5.02 Å². The van der Waals surface area contributed by atoms with E-state index < -0.39 is 17.8 Å². The average molecular weight is 447 g/mol. The first-order chi connectivity index (χ1) is 13.5. The van der Waals surface area contributed by atoms with Crippen LogP contribution in [0.5, 0.6) is 0 Å². The van der Waals surface area contributed by atoms with Gasteiger partial charge in [0.1, 0.15) is 0 Å². The molecule has 0 saturated carbocycles. The van der Waals surface area contributed by atoms with E-state index >= 15 is 0 Å². The van der Waals surface area contributed by atoms with Crippen LogP contribution < -0.4 is 5.11 Å². The van der Waals surface area contributed by atoms with Crippen molar-refractivity contribution in [3.05, 3.63) is 63.4 Å². The normalized spacial score (nSPS) is 18.0. The summed E-state index contributed by atoms with van der Waals surface area (Å²) in [5.74, 6) is -2.00. The minimum Gasteiger partial charge on any atom is -0.676 e. The summed E-state index contributed by atoms with van der Waals surface area (Å²) >= 11 is 6.40. The van der Waals surface area contributed by atoms with Crippen molar-refractivity contribution in [1.82, 2.24) is 0 Å². The number of carbonyl (C=O) groups is 1. The summed E-state index contributed by atoms with van der Waals surface area (Å²) in [6.07, 6.45) is 0. The molecule has 0 spiro atoms. The molecule has 1 aromatic carbocycles. The maximum atomic E-state index is 12.8. The van der Waals surface area contributed by atoms with E-state index in [4.69, 9.17) is 31.5 Å². The third kappa shape index (κ3) is 6.20. The SMILES string of the molecule is CCOC(=O)C1=C(COCC[NH-])N=C(C)/C(=C(/[O-])OC)C1c1ccccc1Cl.[Ca+2]. The number of halogens is 1. The maximum Gasteiger partial charge on any atom is 2.00 e. The molecule has 0 saturated heterocycles. The Morgan fingerprint density at radius 1 is 1.34 bits per heavy atom. The van der Waals surface area contributed by atoms with Crippen LogP contribution in [-0.4, -0.2) is 82.9 Å². The van der Waals surface area contributed by atoms with Crippen molar-refractivity contribution in [3.8, 4) is 0 Å². The van der Waals surface area contributed by atoms with Gasteiger partial charge in [-0.2, -0.15) is 0 Å². The number of benzene rings is 1. The van der Waals surface area contributed by atoms with E-state index in [0.29, 0.717) is 22.0 Å². The Balaban J connectivity index is 0.00000420. The zero-order chi connectivity index (χ0) is 20.7. The minimum atomic E-state index is -0.799. The van der Waals surface area contributed by atoms with Gasteiger partial charge in [-0.3, -0.25) is 4.99 Å². The second-order valence-corrected chi connectivity index (χ2v) is 6.35. The number of rotatable bonds is 8. The Labute approximate surface area is 205 Å².